The molecule has 0 amide bonds. The van der Waals surface area contributed by atoms with E-state index in [1.807, 2.05) is 0 Å². The fourth-order valence-corrected chi connectivity index (χ4v) is 2.56. The van der Waals surface area contributed by atoms with Crippen LogP contribution in [-0.4, -0.2) is 20.9 Å². The Hall–Kier alpha value is -0.583. The first-order valence-corrected chi connectivity index (χ1v) is 10.1. The van der Waals surface area contributed by atoms with E-state index in [4.69, 9.17) is 20.8 Å². The van der Waals surface area contributed by atoms with Gasteiger partial charge in [-0.1, -0.05) is 38.4 Å². The van der Waals surface area contributed by atoms with E-state index in [1.54, 1.807) is 6.08 Å². The third-order valence-corrected chi connectivity index (χ3v) is 8.39. The van der Waals surface area contributed by atoms with Crippen LogP contribution in [0.5, 0.6) is 0 Å². The summed E-state index contributed by atoms with van der Waals surface area (Å²) in [5.74, 6) is 0.118. The van der Waals surface area contributed by atoms with Gasteiger partial charge in [0.25, 0.3) is 0 Å². The number of halogens is 1. The molecule has 0 aliphatic rings. The highest BCUT2D eigenvalue weighted by Gasteiger charge is 2.37. The molecule has 116 valence electrons. The molecule has 20 heavy (non-hydrogen) atoms. The van der Waals surface area contributed by atoms with Gasteiger partial charge >= 0.3 is 5.97 Å². The van der Waals surface area contributed by atoms with Crippen LogP contribution in [0.3, 0.4) is 0 Å². The number of hydrogen-bond acceptors (Lipinski definition) is 3. The van der Waals surface area contributed by atoms with Crippen molar-refractivity contribution in [2.75, 3.05) is 6.61 Å². The first kappa shape index (κ1) is 19.4. The molecule has 0 aliphatic heterocycles. The predicted molar refractivity (Wildman–Crippen MR) is 87.2 cm³/mol. The van der Waals surface area contributed by atoms with E-state index in [1.165, 1.54) is 6.92 Å². The lowest BCUT2D eigenvalue weighted by Gasteiger charge is -2.36. The summed E-state index contributed by atoms with van der Waals surface area (Å²) >= 11 is 6.12. The Balaban J connectivity index is 4.68. The highest BCUT2D eigenvalue weighted by Crippen LogP contribution is 2.36. The summed E-state index contributed by atoms with van der Waals surface area (Å²) in [5.41, 5.74) is 0. The summed E-state index contributed by atoms with van der Waals surface area (Å²) in [6.07, 6.45) is 2.67. The topological polar surface area (TPSA) is 35.5 Å². The average molecular weight is 319 g/mol. The molecule has 0 atom stereocenters. The summed E-state index contributed by atoms with van der Waals surface area (Å²) in [7, 11) is -1.79. The first-order valence-electron chi connectivity index (χ1n) is 6.82. The number of allylic oxidation sites excluding steroid dienone is 2. The van der Waals surface area contributed by atoms with Gasteiger partial charge in [-0.25, -0.2) is 0 Å². The van der Waals surface area contributed by atoms with Crippen LogP contribution in [-0.2, 0) is 14.0 Å². The lowest BCUT2D eigenvalue weighted by atomic mass is 10.2. The Bertz CT molecular complexity index is 381. The number of carbonyl (C=O) groups excluding carboxylic acids is 1. The van der Waals surface area contributed by atoms with Gasteiger partial charge in [0, 0.05) is 26.4 Å². The number of esters is 1. The monoisotopic (exact) mass is 318 g/mol. The summed E-state index contributed by atoms with van der Waals surface area (Å²) in [5, 5.41) is 0.664. The SMILES string of the molecule is C=CC/C(Cl)=C(\CCO[Si](C)(C)C(C)(C)C)OC(C)=O. The minimum Gasteiger partial charge on any atom is -0.430 e. The van der Waals surface area contributed by atoms with E-state index in [9.17, 15) is 4.79 Å². The molecule has 0 unspecified atom stereocenters. The summed E-state index contributed by atoms with van der Waals surface area (Å²) in [6, 6.07) is 0. The zero-order valence-electron chi connectivity index (χ0n) is 13.5. The molecule has 0 N–H and O–H groups in total. The Labute approximate surface area is 129 Å². The van der Waals surface area contributed by atoms with Crippen LogP contribution < -0.4 is 0 Å². The van der Waals surface area contributed by atoms with Crippen molar-refractivity contribution in [2.24, 2.45) is 0 Å². The molecule has 0 bridgehead atoms. The normalized spacial score (nSPS) is 13.8. The minimum absolute atomic E-state index is 0.156. The highest BCUT2D eigenvalue weighted by atomic mass is 35.5. The van der Waals surface area contributed by atoms with Gasteiger partial charge in [0.1, 0.15) is 5.76 Å². The molecular weight excluding hydrogens is 292 g/mol. The average Bonchev–Trinajstić information content (AvgIpc) is 2.25. The quantitative estimate of drug-likeness (QED) is 0.287. The van der Waals surface area contributed by atoms with Crippen molar-refractivity contribution in [1.29, 1.82) is 0 Å². The molecule has 0 aromatic rings. The predicted octanol–water partition coefficient (Wildman–Crippen LogP) is 4.99. The molecule has 0 heterocycles. The van der Waals surface area contributed by atoms with Crippen LogP contribution in [0.15, 0.2) is 23.4 Å². The molecule has 0 aromatic carbocycles. The lowest BCUT2D eigenvalue weighted by molar-refractivity contribution is -0.137. The number of hydrogen-bond donors (Lipinski definition) is 0. The van der Waals surface area contributed by atoms with Gasteiger partial charge in [0.2, 0.25) is 0 Å². The maximum atomic E-state index is 11.1. The molecule has 5 heteroatoms. The second-order valence-electron chi connectivity index (χ2n) is 6.27. The Kier molecular flexibility index (Phi) is 7.77. The Morgan fingerprint density at radius 1 is 1.35 bits per heavy atom. The molecule has 0 radical (unpaired) electrons. The second kappa shape index (κ2) is 8.01. The maximum absolute atomic E-state index is 11.1. The van der Waals surface area contributed by atoms with Gasteiger partial charge in [-0.3, -0.25) is 4.79 Å². The van der Waals surface area contributed by atoms with Gasteiger partial charge in [0.15, 0.2) is 8.32 Å². The fourth-order valence-electron chi connectivity index (χ4n) is 1.27. The van der Waals surface area contributed by atoms with E-state index in [0.717, 1.165) is 0 Å². The molecule has 0 spiro atoms. The molecular formula is C15H27ClO3Si. The fraction of sp³-hybridized carbons (Fsp3) is 0.667. The van der Waals surface area contributed by atoms with Crippen LogP contribution in [0, 0.1) is 0 Å². The highest BCUT2D eigenvalue weighted by molar-refractivity contribution is 6.74. The number of rotatable bonds is 7. The van der Waals surface area contributed by atoms with E-state index >= 15 is 0 Å². The van der Waals surface area contributed by atoms with Gasteiger partial charge in [-0.05, 0) is 18.1 Å². The van der Waals surface area contributed by atoms with Crippen molar-refractivity contribution >= 4 is 25.9 Å². The summed E-state index contributed by atoms with van der Waals surface area (Å²) < 4.78 is 11.2. The third kappa shape index (κ3) is 6.73. The van der Waals surface area contributed by atoms with Crippen LogP contribution in [0.25, 0.3) is 0 Å². The molecule has 0 fully saturated rings. The molecule has 3 nitrogen and oxygen atoms in total. The summed E-state index contributed by atoms with van der Waals surface area (Å²) in [4.78, 5) is 11.1. The van der Waals surface area contributed by atoms with Crippen molar-refractivity contribution in [2.45, 2.75) is 58.7 Å². The van der Waals surface area contributed by atoms with Gasteiger partial charge in [-0.15, -0.1) is 6.58 Å². The lowest BCUT2D eigenvalue weighted by Crippen LogP contribution is -2.41. The molecule has 0 saturated heterocycles. The van der Waals surface area contributed by atoms with Crippen molar-refractivity contribution in [3.8, 4) is 0 Å². The van der Waals surface area contributed by atoms with Gasteiger partial charge in [-0.2, -0.15) is 0 Å². The largest absolute Gasteiger partial charge is 0.430 e. The Morgan fingerprint density at radius 3 is 2.30 bits per heavy atom. The third-order valence-electron chi connectivity index (χ3n) is 3.49. The van der Waals surface area contributed by atoms with E-state index < -0.39 is 8.32 Å². The Morgan fingerprint density at radius 2 is 1.90 bits per heavy atom. The zero-order chi connectivity index (χ0) is 16.0. The van der Waals surface area contributed by atoms with E-state index in [2.05, 4.69) is 40.4 Å². The van der Waals surface area contributed by atoms with Crippen molar-refractivity contribution in [3.63, 3.8) is 0 Å². The van der Waals surface area contributed by atoms with Crippen molar-refractivity contribution < 1.29 is 14.0 Å². The number of carbonyl (C=O) groups is 1. The zero-order valence-corrected chi connectivity index (χ0v) is 15.3. The van der Waals surface area contributed by atoms with Gasteiger partial charge < -0.3 is 9.16 Å². The van der Waals surface area contributed by atoms with E-state index in [-0.39, 0.29) is 11.0 Å². The summed E-state index contributed by atoms with van der Waals surface area (Å²) in [6.45, 7) is 16.4. The maximum Gasteiger partial charge on any atom is 0.307 e. The molecule has 0 saturated carbocycles. The van der Waals surface area contributed by atoms with Crippen LogP contribution in [0.1, 0.15) is 40.5 Å². The van der Waals surface area contributed by atoms with Crippen LogP contribution in [0.2, 0.25) is 18.1 Å². The smallest absolute Gasteiger partial charge is 0.307 e. The minimum atomic E-state index is -1.79. The second-order valence-corrected chi connectivity index (χ2v) is 11.5. The van der Waals surface area contributed by atoms with Crippen molar-refractivity contribution in [1.82, 2.24) is 0 Å². The molecule has 0 aromatic heterocycles. The first-order chi connectivity index (χ1) is 9.01. The van der Waals surface area contributed by atoms with Crippen LogP contribution in [0.4, 0.5) is 0 Å². The van der Waals surface area contributed by atoms with Crippen molar-refractivity contribution in [3.05, 3.63) is 23.4 Å². The van der Waals surface area contributed by atoms with E-state index in [0.29, 0.717) is 30.2 Å². The molecule has 0 rings (SSSR count). The number of ether oxygens (including phenoxy) is 1. The van der Waals surface area contributed by atoms with Crippen LogP contribution >= 0.6 is 11.6 Å². The standard InChI is InChI=1S/C15H27ClO3Si/c1-8-9-13(16)14(19-12(2)17)10-11-18-20(6,7)15(3,4)5/h8H,1,9-11H2,2-7H3/b14-13-. The van der Waals surface area contributed by atoms with Gasteiger partial charge in [0.05, 0.1) is 5.03 Å². The molecule has 0 aliphatic carbocycles.